The molecule has 2 aromatic carbocycles. The summed E-state index contributed by atoms with van der Waals surface area (Å²) in [6.45, 7) is 12.9. The van der Waals surface area contributed by atoms with Gasteiger partial charge in [0.2, 0.25) is 0 Å². The first kappa shape index (κ1) is 55.3. The van der Waals surface area contributed by atoms with Crippen LogP contribution in [0.1, 0.15) is 167 Å². The molecule has 0 spiro atoms. The van der Waals surface area contributed by atoms with E-state index in [0.29, 0.717) is 11.5 Å². The number of aromatic hydroxyl groups is 2. The topological polar surface area (TPSA) is 40.5 Å². The zero-order valence-corrected chi connectivity index (χ0v) is 50.2. The number of benzene rings is 2. The van der Waals surface area contributed by atoms with E-state index in [1.54, 1.807) is 0 Å². The normalized spacial score (nSPS) is 30.1. The van der Waals surface area contributed by atoms with Gasteiger partial charge >= 0.3 is 0 Å². The van der Waals surface area contributed by atoms with Crippen LogP contribution in [-0.4, -0.2) is 74.2 Å². The lowest BCUT2D eigenvalue weighted by Gasteiger charge is -2.22. The summed E-state index contributed by atoms with van der Waals surface area (Å²) >= 11 is 4.54. The summed E-state index contributed by atoms with van der Waals surface area (Å²) in [6.07, 6.45) is 24.2. The zero-order valence-electron chi connectivity index (χ0n) is 39.6. The summed E-state index contributed by atoms with van der Waals surface area (Å²) in [7, 11) is 23.4. The van der Waals surface area contributed by atoms with E-state index in [1.807, 2.05) is 31.8 Å². The molecule has 2 N–H and O–H groups in total. The van der Waals surface area contributed by atoms with Crippen LogP contribution < -0.4 is 0 Å². The molecule has 10 unspecified atom stereocenters. The van der Waals surface area contributed by atoms with E-state index in [4.69, 9.17) is 0 Å². The molecule has 0 aromatic heterocycles. The number of thioether (sulfide) groups is 2. The van der Waals surface area contributed by atoms with Gasteiger partial charge in [0.05, 0.1) is 0 Å². The Morgan fingerprint density at radius 3 is 1.35 bits per heavy atom. The first-order chi connectivity index (χ1) is 31.3. The molecule has 6 aliphatic rings. The van der Waals surface area contributed by atoms with Gasteiger partial charge in [-0.1, -0.05) is 204 Å². The monoisotopic (exact) mass is 1120 g/mol. The maximum Gasteiger partial charge on any atom is 0.119 e. The summed E-state index contributed by atoms with van der Waals surface area (Å²) in [6, 6.07) is 12.6. The highest BCUT2D eigenvalue weighted by Gasteiger charge is 2.44. The van der Waals surface area contributed by atoms with E-state index in [0.717, 1.165) is 76.5 Å². The van der Waals surface area contributed by atoms with Crippen molar-refractivity contribution in [1.82, 2.24) is 0 Å². The molecule has 2 aromatic rings. The first-order valence-electron chi connectivity index (χ1n) is 24.5. The van der Waals surface area contributed by atoms with Gasteiger partial charge in [0.15, 0.2) is 0 Å². The quantitative estimate of drug-likeness (QED) is 0.0751. The lowest BCUT2D eigenvalue weighted by atomic mass is 9.85. The fourth-order valence-electron chi connectivity index (χ4n) is 9.35. The Labute approximate surface area is 446 Å². The van der Waals surface area contributed by atoms with E-state index in [-0.39, 0.29) is 10.8 Å². The van der Waals surface area contributed by atoms with Gasteiger partial charge in [-0.15, -0.1) is 0 Å². The van der Waals surface area contributed by atoms with Gasteiger partial charge in [0, 0.05) is 64.0 Å². The predicted molar refractivity (Wildman–Crippen MR) is 321 cm³/mol. The van der Waals surface area contributed by atoms with Crippen molar-refractivity contribution in [3.05, 3.63) is 58.7 Å². The summed E-state index contributed by atoms with van der Waals surface area (Å²) in [5.74, 6) is 3.59. The molecular formula is C50H76O2S13. The van der Waals surface area contributed by atoms with Crippen molar-refractivity contribution in [3.63, 3.8) is 0 Å². The van der Waals surface area contributed by atoms with E-state index in [9.17, 15) is 10.2 Å². The van der Waals surface area contributed by atoms with Gasteiger partial charge in [0.1, 0.15) is 11.5 Å². The molecule has 6 aliphatic heterocycles. The zero-order chi connectivity index (χ0) is 45.8. The van der Waals surface area contributed by atoms with Crippen molar-refractivity contribution in [2.24, 2.45) is 0 Å². The Kier molecular flexibility index (Phi) is 23.6. The largest absolute Gasteiger partial charge is 0.508 e. The van der Waals surface area contributed by atoms with E-state index in [2.05, 4.69) is 186 Å². The second-order valence-electron chi connectivity index (χ2n) is 20.9. The van der Waals surface area contributed by atoms with Crippen LogP contribution in [0.25, 0.3) is 0 Å². The maximum atomic E-state index is 10.3. The minimum absolute atomic E-state index is 0.00351. The smallest absolute Gasteiger partial charge is 0.119 e. The molecule has 0 radical (unpaired) electrons. The number of phenols is 2. The van der Waals surface area contributed by atoms with Crippen LogP contribution >= 0.6 is 139 Å². The van der Waals surface area contributed by atoms with Crippen LogP contribution in [0.15, 0.2) is 36.4 Å². The van der Waals surface area contributed by atoms with Crippen molar-refractivity contribution >= 4 is 139 Å². The Hall–Kier alpha value is 2.59. The molecular weight excluding hydrogens is 1050 g/mol. The van der Waals surface area contributed by atoms with Crippen molar-refractivity contribution in [2.75, 3.05) is 11.5 Å². The Morgan fingerprint density at radius 2 is 0.892 bits per heavy atom. The molecule has 8 rings (SSSR count). The highest BCUT2D eigenvalue weighted by molar-refractivity contribution is 9.26. The molecule has 366 valence electrons. The molecule has 6 fully saturated rings. The number of hydrogen-bond acceptors (Lipinski definition) is 15. The molecule has 65 heavy (non-hydrogen) atoms. The Bertz CT molecular complexity index is 1740. The summed E-state index contributed by atoms with van der Waals surface area (Å²) < 4.78 is 0. The van der Waals surface area contributed by atoms with Crippen LogP contribution in [0.5, 0.6) is 11.5 Å². The van der Waals surface area contributed by atoms with E-state index in [1.165, 1.54) is 125 Å². The third-order valence-corrected chi connectivity index (χ3v) is 35.6. The van der Waals surface area contributed by atoms with Gasteiger partial charge < -0.3 is 10.2 Å². The highest BCUT2D eigenvalue weighted by Crippen LogP contribution is 2.60. The van der Waals surface area contributed by atoms with Crippen LogP contribution in [0, 0.1) is 0 Å². The summed E-state index contributed by atoms with van der Waals surface area (Å²) in [4.78, 5) is 0. The molecule has 4 bridgehead atoms. The summed E-state index contributed by atoms with van der Waals surface area (Å²) in [5, 5.41) is 29.8. The second kappa shape index (κ2) is 27.8. The lowest BCUT2D eigenvalue weighted by Crippen LogP contribution is -2.22. The molecule has 6 saturated heterocycles. The highest BCUT2D eigenvalue weighted by atomic mass is 33.7. The average molecular weight is 1130 g/mol. The fraction of sp³-hybridized carbons (Fsp3) is 0.760. The number of phenolic OH excluding ortho intramolecular Hbond substituents is 2. The van der Waals surface area contributed by atoms with Crippen molar-refractivity contribution in [1.29, 1.82) is 0 Å². The number of rotatable bonds is 20. The van der Waals surface area contributed by atoms with Crippen LogP contribution in [-0.2, 0) is 23.7 Å². The average Bonchev–Trinajstić information content (AvgIpc) is 4.01. The fourth-order valence-corrected chi connectivity index (χ4v) is 33.5. The minimum atomic E-state index is 0.00351. The molecule has 0 saturated carbocycles. The standard InChI is InChI=1S/C25H38OS7.C25H38OS6/c1-25(2,3)19-12-11-17(13-20(19)26)9-7-5-4-6-8-10-21-22(28-21)15-24-23-14-18(29-30-23)16-27-32-33-31-24;1-25(2,3)19-12-11-17(13-20(19)26)9-7-5-4-6-8-10-21-22(28-21)15-24-23-14-18(29-30-23)16-27-32-31-24/h11-13,18,21-24,26H,4-10,14-16H2,1-3H3;11-13,18,21-24,26H,4-10,14-16H2,1-3H3. The number of unbranched alkanes of at least 4 members (excludes halogenated alkanes) is 8. The number of hydrogen-bond donors (Lipinski definition) is 2. The summed E-state index contributed by atoms with van der Waals surface area (Å²) in [5.41, 5.74) is 4.66. The molecule has 2 nitrogen and oxygen atoms in total. The Balaban J connectivity index is 0.000000194. The Morgan fingerprint density at radius 1 is 0.462 bits per heavy atom. The number of aryl methyl sites for hydroxylation is 2. The van der Waals surface area contributed by atoms with E-state index < -0.39 is 0 Å². The minimum Gasteiger partial charge on any atom is -0.508 e. The van der Waals surface area contributed by atoms with Crippen LogP contribution in [0.3, 0.4) is 0 Å². The van der Waals surface area contributed by atoms with Gasteiger partial charge in [-0.25, -0.2) is 0 Å². The van der Waals surface area contributed by atoms with Gasteiger partial charge in [-0.05, 0) is 139 Å². The molecule has 6 heterocycles. The third-order valence-electron chi connectivity index (χ3n) is 13.4. The first-order valence-corrected chi connectivity index (χ1v) is 39.7. The van der Waals surface area contributed by atoms with Gasteiger partial charge in [-0.3, -0.25) is 0 Å². The van der Waals surface area contributed by atoms with Crippen molar-refractivity contribution in [3.8, 4) is 11.5 Å². The number of fused-ring (bicyclic) bond motifs is 4. The molecule has 10 atom stereocenters. The van der Waals surface area contributed by atoms with Crippen molar-refractivity contribution in [2.45, 2.75) is 220 Å². The van der Waals surface area contributed by atoms with Crippen molar-refractivity contribution < 1.29 is 10.2 Å². The van der Waals surface area contributed by atoms with E-state index >= 15 is 0 Å². The molecule has 15 heteroatoms. The third kappa shape index (κ3) is 18.8. The predicted octanol–water partition coefficient (Wildman–Crippen LogP) is 19.4. The van der Waals surface area contributed by atoms with Gasteiger partial charge in [-0.2, -0.15) is 23.5 Å². The van der Waals surface area contributed by atoms with Gasteiger partial charge in [0.25, 0.3) is 0 Å². The SMILES string of the molecule is CC(C)(C)c1ccc(CCCCCCCC2SC2CC2SSSCC3CC2SS3)cc1O.CC(C)(C)c1ccc(CCCCCCCC2SC2CC2SSSSCC3CC2SS3)cc1O. The maximum absolute atomic E-state index is 10.3. The van der Waals surface area contributed by atoms with Crippen LogP contribution in [0.2, 0.25) is 0 Å². The molecule has 0 amide bonds. The van der Waals surface area contributed by atoms with Crippen LogP contribution in [0.4, 0.5) is 0 Å². The lowest BCUT2D eigenvalue weighted by molar-refractivity contribution is 0.445. The second-order valence-corrected chi connectivity index (χ2v) is 40.1. The molecule has 0 aliphatic carbocycles.